The molecule has 1 atom stereocenters. The van der Waals surface area contributed by atoms with E-state index in [0.29, 0.717) is 0 Å². The summed E-state index contributed by atoms with van der Waals surface area (Å²) in [4.78, 5) is 17.2. The lowest BCUT2D eigenvalue weighted by Gasteiger charge is -2.15. The molecule has 6 nitrogen and oxygen atoms in total. The summed E-state index contributed by atoms with van der Waals surface area (Å²) in [5.74, 6) is 2.48. The van der Waals surface area contributed by atoms with E-state index in [1.165, 1.54) is 0 Å². The van der Waals surface area contributed by atoms with E-state index < -0.39 is 20.5 Å². The van der Waals surface area contributed by atoms with Gasteiger partial charge in [-0.15, -0.1) is 6.42 Å². The molecule has 1 rings (SSSR count). The second kappa shape index (κ2) is 7.41. The Labute approximate surface area is 111 Å². The summed E-state index contributed by atoms with van der Waals surface area (Å²) in [7, 11) is -4.62. The molecule has 0 unspecified atom stereocenters. The first kappa shape index (κ1) is 15.9. The van der Waals surface area contributed by atoms with Gasteiger partial charge in [0.05, 0.1) is 19.8 Å². The molecule has 0 aliphatic rings. The van der Waals surface area contributed by atoms with E-state index in [1.54, 1.807) is 24.3 Å². The molecule has 0 aromatic heterocycles. The molecule has 0 radical (unpaired) electrons. The van der Waals surface area contributed by atoms with Crippen LogP contribution in [-0.4, -0.2) is 34.2 Å². The van der Waals surface area contributed by atoms with Crippen LogP contribution in [0.1, 0.15) is 11.1 Å². The summed E-state index contributed by atoms with van der Waals surface area (Å²) < 4.78 is 20.1. The van der Waals surface area contributed by atoms with Crippen molar-refractivity contribution in [3.63, 3.8) is 0 Å². The number of aliphatic hydroxyl groups is 1. The summed E-state index contributed by atoms with van der Waals surface area (Å²) >= 11 is 0. The number of ether oxygens (including phenoxy) is 1. The molecule has 104 valence electrons. The molecule has 0 aliphatic carbocycles. The molecule has 0 aliphatic heterocycles. The number of rotatable bonds is 7. The van der Waals surface area contributed by atoms with E-state index in [4.69, 9.17) is 26.1 Å². The highest BCUT2D eigenvalue weighted by Gasteiger charge is 2.21. The Hall–Kier alpha value is -1.19. The van der Waals surface area contributed by atoms with Gasteiger partial charge in [0.15, 0.2) is 0 Å². The fourth-order valence-electron chi connectivity index (χ4n) is 1.32. The Balaban J connectivity index is 2.39. The number of terminal acetylenes is 1. The molecule has 7 heteroatoms. The van der Waals surface area contributed by atoms with E-state index in [9.17, 15) is 4.57 Å². The number of aliphatic hydroxyl groups excluding tert-OH is 1. The molecule has 1 aromatic carbocycles. The molecule has 0 bridgehead atoms. The second-order valence-electron chi connectivity index (χ2n) is 3.76. The Morgan fingerprint density at radius 2 is 1.95 bits per heavy atom. The lowest BCUT2D eigenvalue weighted by atomic mass is 10.1. The normalized spacial score (nSPS) is 12.9. The lowest BCUT2D eigenvalue weighted by Crippen LogP contribution is -2.22. The van der Waals surface area contributed by atoms with Gasteiger partial charge in [0, 0.05) is 5.56 Å². The van der Waals surface area contributed by atoms with Crippen molar-refractivity contribution in [3.05, 3.63) is 35.4 Å². The average Bonchev–Trinajstić information content (AvgIpc) is 2.37. The highest BCUT2D eigenvalue weighted by Crippen LogP contribution is 2.37. The highest BCUT2D eigenvalue weighted by molar-refractivity contribution is 7.46. The quantitative estimate of drug-likeness (QED) is 0.503. The predicted octanol–water partition coefficient (Wildman–Crippen LogP) is 0.655. The Bertz CT molecular complexity index is 472. The number of phosphoric acid groups is 1. The topological polar surface area (TPSA) is 96.2 Å². The minimum absolute atomic E-state index is 0.126. The Kier molecular flexibility index (Phi) is 6.19. The fraction of sp³-hybridized carbons (Fsp3) is 0.333. The summed E-state index contributed by atoms with van der Waals surface area (Å²) in [6.45, 7) is -0.439. The van der Waals surface area contributed by atoms with Crippen molar-refractivity contribution in [1.29, 1.82) is 0 Å². The van der Waals surface area contributed by atoms with Crippen LogP contribution in [0.25, 0.3) is 0 Å². The van der Waals surface area contributed by atoms with Crippen LogP contribution in [0.4, 0.5) is 0 Å². The minimum atomic E-state index is -4.62. The van der Waals surface area contributed by atoms with Crippen molar-refractivity contribution in [2.24, 2.45) is 0 Å². The van der Waals surface area contributed by atoms with Crippen molar-refractivity contribution in [2.75, 3.05) is 13.2 Å². The monoisotopic (exact) mass is 286 g/mol. The summed E-state index contributed by atoms with van der Waals surface area (Å²) in [5.41, 5.74) is 1.61. The van der Waals surface area contributed by atoms with Crippen molar-refractivity contribution in [1.82, 2.24) is 0 Å². The molecule has 0 amide bonds. The third-order valence-electron chi connectivity index (χ3n) is 2.18. The Morgan fingerprint density at radius 3 is 2.42 bits per heavy atom. The van der Waals surface area contributed by atoms with Gasteiger partial charge in [-0.1, -0.05) is 18.1 Å². The maximum absolute atomic E-state index is 10.6. The van der Waals surface area contributed by atoms with E-state index in [-0.39, 0.29) is 13.2 Å². The number of phosphoric ester groups is 1. The van der Waals surface area contributed by atoms with Gasteiger partial charge in [-0.3, -0.25) is 4.52 Å². The first-order valence-corrected chi connectivity index (χ1v) is 6.95. The fourth-order valence-corrected chi connectivity index (χ4v) is 1.83. The van der Waals surface area contributed by atoms with Crippen molar-refractivity contribution in [3.8, 4) is 12.3 Å². The molecule has 0 heterocycles. The van der Waals surface area contributed by atoms with Crippen LogP contribution in [0.5, 0.6) is 0 Å². The first-order valence-electron chi connectivity index (χ1n) is 5.42. The van der Waals surface area contributed by atoms with Crippen molar-refractivity contribution < 1.29 is 28.7 Å². The van der Waals surface area contributed by atoms with Crippen LogP contribution in [0.2, 0.25) is 0 Å². The molecule has 19 heavy (non-hydrogen) atoms. The van der Waals surface area contributed by atoms with E-state index in [2.05, 4.69) is 10.4 Å². The van der Waals surface area contributed by atoms with E-state index in [1.807, 2.05) is 0 Å². The van der Waals surface area contributed by atoms with Gasteiger partial charge in [0.1, 0.15) is 6.10 Å². The van der Waals surface area contributed by atoms with Gasteiger partial charge in [0.25, 0.3) is 0 Å². The molecule has 0 spiro atoms. The number of hydrogen-bond donors (Lipinski definition) is 3. The van der Waals surface area contributed by atoms with E-state index >= 15 is 0 Å². The van der Waals surface area contributed by atoms with Gasteiger partial charge < -0.3 is 19.6 Å². The second-order valence-corrected chi connectivity index (χ2v) is 4.95. The first-order chi connectivity index (χ1) is 8.94. The highest BCUT2D eigenvalue weighted by atomic mass is 31.2. The number of benzene rings is 1. The Morgan fingerprint density at radius 1 is 1.32 bits per heavy atom. The van der Waals surface area contributed by atoms with Crippen LogP contribution in [0, 0.1) is 12.3 Å². The lowest BCUT2D eigenvalue weighted by molar-refractivity contribution is -0.000659. The van der Waals surface area contributed by atoms with Crippen LogP contribution in [-0.2, 0) is 20.4 Å². The largest absolute Gasteiger partial charge is 0.470 e. The predicted molar refractivity (Wildman–Crippen MR) is 68.0 cm³/mol. The summed E-state index contributed by atoms with van der Waals surface area (Å²) in [5, 5.41) is 8.88. The smallest absolute Gasteiger partial charge is 0.394 e. The van der Waals surface area contributed by atoms with Crippen LogP contribution in [0.15, 0.2) is 24.3 Å². The minimum Gasteiger partial charge on any atom is -0.394 e. The van der Waals surface area contributed by atoms with Crippen molar-refractivity contribution >= 4 is 7.82 Å². The molecule has 0 saturated carbocycles. The summed E-state index contributed by atoms with van der Waals surface area (Å²) in [6, 6.07) is 7.09. The maximum atomic E-state index is 10.6. The molecule has 3 N–H and O–H groups in total. The van der Waals surface area contributed by atoms with Gasteiger partial charge in [-0.2, -0.15) is 0 Å². The standard InChI is InChI=1S/C12H15O6P/c1-2-10-3-5-11(6-4-10)8-17-9-12(7-13)18-19(14,15)16/h1,3-6,12-13H,7-9H2,(H2,14,15,16)/t12-/m1/s1. The van der Waals surface area contributed by atoms with Gasteiger partial charge in [-0.05, 0) is 17.7 Å². The molecule has 1 aromatic rings. The van der Waals surface area contributed by atoms with Crippen molar-refractivity contribution in [2.45, 2.75) is 12.7 Å². The van der Waals surface area contributed by atoms with Gasteiger partial charge in [-0.25, -0.2) is 4.57 Å². The number of hydrogen-bond acceptors (Lipinski definition) is 4. The molecule has 0 fully saturated rings. The van der Waals surface area contributed by atoms with Crippen LogP contribution < -0.4 is 0 Å². The van der Waals surface area contributed by atoms with Gasteiger partial charge >= 0.3 is 7.82 Å². The zero-order chi connectivity index (χ0) is 14.3. The summed E-state index contributed by atoms with van der Waals surface area (Å²) in [6.07, 6.45) is 4.15. The average molecular weight is 286 g/mol. The van der Waals surface area contributed by atoms with Crippen LogP contribution >= 0.6 is 7.82 Å². The third-order valence-corrected chi connectivity index (χ3v) is 2.76. The van der Waals surface area contributed by atoms with Gasteiger partial charge in [0.2, 0.25) is 0 Å². The van der Waals surface area contributed by atoms with Crippen LogP contribution in [0.3, 0.4) is 0 Å². The molecule has 0 saturated heterocycles. The maximum Gasteiger partial charge on any atom is 0.470 e. The molecular weight excluding hydrogens is 271 g/mol. The van der Waals surface area contributed by atoms with E-state index in [0.717, 1.165) is 11.1 Å². The molecular formula is C12H15O6P. The zero-order valence-electron chi connectivity index (χ0n) is 10.1. The third kappa shape index (κ3) is 6.50. The zero-order valence-corrected chi connectivity index (χ0v) is 11.0. The SMILES string of the molecule is C#Cc1ccc(COC[C@@H](CO)OP(=O)(O)O)cc1.